The Kier molecular flexibility index (Phi) is 7.04. The minimum atomic E-state index is -0.557. The number of pyridine rings is 1. The molecule has 0 bridgehead atoms. The van der Waals surface area contributed by atoms with E-state index in [2.05, 4.69) is 20.6 Å². The minimum absolute atomic E-state index is 0.0139. The van der Waals surface area contributed by atoms with E-state index in [4.69, 9.17) is 4.74 Å². The molecule has 0 saturated carbocycles. The Labute approximate surface area is 197 Å². The Hall–Kier alpha value is -3.56. The van der Waals surface area contributed by atoms with E-state index in [0.29, 0.717) is 48.6 Å². The summed E-state index contributed by atoms with van der Waals surface area (Å²) in [5.74, 6) is -0.996. The second-order valence-electron chi connectivity index (χ2n) is 8.38. The zero-order valence-corrected chi connectivity index (χ0v) is 19.7. The quantitative estimate of drug-likeness (QED) is 0.589. The fourth-order valence-corrected chi connectivity index (χ4v) is 4.22. The summed E-state index contributed by atoms with van der Waals surface area (Å²) >= 11 is 0. The lowest BCUT2D eigenvalue weighted by molar-refractivity contribution is 0.0877. The van der Waals surface area contributed by atoms with Gasteiger partial charge in [0.15, 0.2) is 0 Å². The summed E-state index contributed by atoms with van der Waals surface area (Å²) in [5.41, 5.74) is 2.97. The van der Waals surface area contributed by atoms with Crippen molar-refractivity contribution in [3.63, 3.8) is 0 Å². The normalized spacial score (nSPS) is 14.4. The van der Waals surface area contributed by atoms with Gasteiger partial charge in [-0.3, -0.25) is 9.78 Å². The first-order valence-corrected chi connectivity index (χ1v) is 11.6. The molecule has 1 aromatic carbocycles. The van der Waals surface area contributed by atoms with Crippen LogP contribution in [-0.2, 0) is 4.74 Å². The lowest BCUT2D eigenvalue weighted by Crippen LogP contribution is -2.39. The summed E-state index contributed by atoms with van der Waals surface area (Å²) < 4.78 is 22.0. The van der Waals surface area contributed by atoms with Crippen molar-refractivity contribution in [1.29, 1.82) is 0 Å². The van der Waals surface area contributed by atoms with Crippen molar-refractivity contribution in [2.45, 2.75) is 46.1 Å². The molecule has 10 heteroatoms. The number of aromatic nitrogens is 4. The van der Waals surface area contributed by atoms with Gasteiger partial charge in [-0.1, -0.05) is 18.2 Å². The first-order chi connectivity index (χ1) is 16.4. The van der Waals surface area contributed by atoms with Gasteiger partial charge in [0, 0.05) is 25.2 Å². The summed E-state index contributed by atoms with van der Waals surface area (Å²) in [6.07, 6.45) is 3.71. The number of halogens is 1. The van der Waals surface area contributed by atoms with Crippen molar-refractivity contribution in [2.75, 3.05) is 26.2 Å². The maximum Gasteiger partial charge on any atom is 0.409 e. The highest BCUT2D eigenvalue weighted by Crippen LogP contribution is 2.30. The van der Waals surface area contributed by atoms with E-state index in [1.54, 1.807) is 37.1 Å². The van der Waals surface area contributed by atoms with Gasteiger partial charge in [0.05, 0.1) is 30.1 Å². The molecule has 2 aromatic heterocycles. The van der Waals surface area contributed by atoms with E-state index in [-0.39, 0.29) is 17.7 Å². The molecule has 4 rings (SSSR count). The SMILES string of the molecule is CCCOC(=O)N1CCC(n2nnc3cc(-c4ccc(C(=O)NCC)c(F)c4C)ncc32)CC1. The van der Waals surface area contributed by atoms with Gasteiger partial charge < -0.3 is 15.0 Å². The average molecular weight is 469 g/mol. The molecule has 1 fully saturated rings. The summed E-state index contributed by atoms with van der Waals surface area (Å²) in [7, 11) is 0. The van der Waals surface area contributed by atoms with Crippen LogP contribution in [0.1, 0.15) is 55.1 Å². The molecule has 1 aliphatic heterocycles. The van der Waals surface area contributed by atoms with Gasteiger partial charge in [0.2, 0.25) is 0 Å². The van der Waals surface area contributed by atoms with Crippen LogP contribution < -0.4 is 5.32 Å². The third-order valence-electron chi connectivity index (χ3n) is 6.10. The number of amides is 2. The van der Waals surface area contributed by atoms with Crippen molar-refractivity contribution in [3.05, 3.63) is 41.3 Å². The largest absolute Gasteiger partial charge is 0.449 e. The van der Waals surface area contributed by atoms with Crippen LogP contribution >= 0.6 is 0 Å². The molecule has 34 heavy (non-hydrogen) atoms. The fraction of sp³-hybridized carbons (Fsp3) is 0.458. The molecular weight excluding hydrogens is 439 g/mol. The Morgan fingerprint density at radius 3 is 2.71 bits per heavy atom. The van der Waals surface area contributed by atoms with Crippen LogP contribution in [0.5, 0.6) is 0 Å². The van der Waals surface area contributed by atoms with Crippen molar-refractivity contribution < 1.29 is 18.7 Å². The molecule has 1 saturated heterocycles. The smallest absolute Gasteiger partial charge is 0.409 e. The highest BCUT2D eigenvalue weighted by atomic mass is 19.1. The number of nitrogens with one attached hydrogen (secondary N) is 1. The molecule has 180 valence electrons. The number of nitrogens with zero attached hydrogens (tertiary/aromatic N) is 5. The van der Waals surface area contributed by atoms with E-state index >= 15 is 0 Å². The molecule has 3 aromatic rings. The van der Waals surface area contributed by atoms with Gasteiger partial charge in [-0.2, -0.15) is 0 Å². The lowest BCUT2D eigenvalue weighted by atomic mass is 10.0. The van der Waals surface area contributed by atoms with Crippen molar-refractivity contribution in [1.82, 2.24) is 30.2 Å². The van der Waals surface area contributed by atoms with Crippen molar-refractivity contribution in [2.24, 2.45) is 0 Å². The molecule has 0 spiro atoms. The fourth-order valence-electron chi connectivity index (χ4n) is 4.22. The van der Waals surface area contributed by atoms with Crippen LogP contribution in [0.3, 0.4) is 0 Å². The van der Waals surface area contributed by atoms with Gasteiger partial charge in [0.25, 0.3) is 5.91 Å². The summed E-state index contributed by atoms with van der Waals surface area (Å²) in [6, 6.07) is 5.06. The Morgan fingerprint density at radius 2 is 2.00 bits per heavy atom. The van der Waals surface area contributed by atoms with Crippen LogP contribution in [-0.4, -0.2) is 63.1 Å². The molecule has 0 unspecified atom stereocenters. The molecule has 2 amide bonds. The second-order valence-corrected chi connectivity index (χ2v) is 8.38. The number of carbonyl (C=O) groups excluding carboxylic acids is 2. The first kappa shape index (κ1) is 23.6. The van der Waals surface area contributed by atoms with E-state index in [9.17, 15) is 14.0 Å². The van der Waals surface area contributed by atoms with Crippen LogP contribution in [0.2, 0.25) is 0 Å². The number of hydrogen-bond donors (Lipinski definition) is 1. The van der Waals surface area contributed by atoms with Gasteiger partial charge in [0.1, 0.15) is 16.9 Å². The third-order valence-corrected chi connectivity index (χ3v) is 6.10. The van der Waals surface area contributed by atoms with Gasteiger partial charge in [-0.05, 0) is 50.8 Å². The molecule has 0 radical (unpaired) electrons. The van der Waals surface area contributed by atoms with Crippen LogP contribution in [0.25, 0.3) is 22.3 Å². The van der Waals surface area contributed by atoms with Crippen LogP contribution in [0, 0.1) is 12.7 Å². The number of carbonyl (C=O) groups is 2. The third kappa shape index (κ3) is 4.57. The molecule has 1 N–H and O–H groups in total. The molecule has 1 aliphatic rings. The molecule has 0 atom stereocenters. The van der Waals surface area contributed by atoms with Crippen LogP contribution in [0.15, 0.2) is 24.4 Å². The number of rotatable bonds is 6. The highest BCUT2D eigenvalue weighted by Gasteiger charge is 2.27. The van der Waals surface area contributed by atoms with Gasteiger partial charge >= 0.3 is 6.09 Å². The predicted octanol–water partition coefficient (Wildman–Crippen LogP) is 3.87. The second kappa shape index (κ2) is 10.1. The number of fused-ring (bicyclic) bond motifs is 1. The van der Waals surface area contributed by atoms with Crippen molar-refractivity contribution in [3.8, 4) is 11.3 Å². The number of benzene rings is 1. The Bertz CT molecular complexity index is 1200. The van der Waals surface area contributed by atoms with E-state index in [1.165, 1.54) is 6.07 Å². The molecular formula is C24H29FN6O3. The molecule has 9 nitrogen and oxygen atoms in total. The first-order valence-electron chi connectivity index (χ1n) is 11.6. The maximum absolute atomic E-state index is 14.9. The molecule has 0 aliphatic carbocycles. The standard InChI is InChI=1S/C24H29FN6O3/c1-4-12-34-24(33)30-10-8-16(9-11-30)31-21-14-27-19(13-20(21)28-29-31)17-6-7-18(22(25)15(17)3)23(32)26-5-2/h6-7,13-14,16H,4-5,8-12H2,1-3H3,(H,26,32). The summed E-state index contributed by atoms with van der Waals surface area (Å²) in [4.78, 5) is 30.4. The van der Waals surface area contributed by atoms with E-state index < -0.39 is 11.7 Å². The number of hydrogen-bond acceptors (Lipinski definition) is 6. The highest BCUT2D eigenvalue weighted by molar-refractivity contribution is 5.95. The monoisotopic (exact) mass is 468 g/mol. The average Bonchev–Trinajstić information content (AvgIpc) is 3.27. The van der Waals surface area contributed by atoms with E-state index in [0.717, 1.165) is 24.8 Å². The Morgan fingerprint density at radius 1 is 1.24 bits per heavy atom. The topological polar surface area (TPSA) is 102 Å². The maximum atomic E-state index is 14.9. The molecule has 3 heterocycles. The number of ether oxygens (including phenoxy) is 1. The van der Waals surface area contributed by atoms with Crippen molar-refractivity contribution >= 4 is 23.0 Å². The number of piperidine rings is 1. The lowest BCUT2D eigenvalue weighted by Gasteiger charge is -2.31. The summed E-state index contributed by atoms with van der Waals surface area (Å²) in [5, 5.41) is 11.3. The Balaban J connectivity index is 1.53. The number of likely N-dealkylation sites (tertiary alicyclic amines) is 1. The van der Waals surface area contributed by atoms with E-state index in [1.807, 2.05) is 11.6 Å². The predicted molar refractivity (Wildman–Crippen MR) is 125 cm³/mol. The minimum Gasteiger partial charge on any atom is -0.449 e. The van der Waals surface area contributed by atoms with Gasteiger partial charge in [-0.25, -0.2) is 13.9 Å². The zero-order chi connectivity index (χ0) is 24.2. The van der Waals surface area contributed by atoms with Gasteiger partial charge in [-0.15, -0.1) is 5.10 Å². The van der Waals surface area contributed by atoms with Crippen LogP contribution in [0.4, 0.5) is 9.18 Å². The zero-order valence-electron chi connectivity index (χ0n) is 19.7. The summed E-state index contributed by atoms with van der Waals surface area (Å²) in [6.45, 7) is 7.43.